The number of nitrogens with zero attached hydrogens (tertiary/aromatic N) is 1. The van der Waals surface area contributed by atoms with E-state index >= 15 is 0 Å². The fourth-order valence-corrected chi connectivity index (χ4v) is 2.18. The van der Waals surface area contributed by atoms with Crippen LogP contribution in [0.4, 0.5) is 0 Å². The molecular weight excluding hydrogens is 200 g/mol. The minimum Gasteiger partial charge on any atom is -0.381 e. The molecule has 1 atom stereocenters. The van der Waals surface area contributed by atoms with E-state index in [9.17, 15) is 0 Å². The lowest BCUT2D eigenvalue weighted by molar-refractivity contribution is 0.0547. The van der Waals surface area contributed by atoms with Crippen LogP contribution in [0.3, 0.4) is 0 Å². The van der Waals surface area contributed by atoms with Gasteiger partial charge in [0.2, 0.25) is 0 Å². The topological polar surface area (TPSA) is 26.2 Å². The van der Waals surface area contributed by atoms with E-state index in [1.165, 1.54) is 18.4 Å². The summed E-state index contributed by atoms with van der Waals surface area (Å²) in [4.78, 5) is 0. The Labute approximate surface area is 97.8 Å². The molecule has 1 aliphatic heterocycles. The van der Waals surface area contributed by atoms with Gasteiger partial charge in [-0.05, 0) is 37.3 Å². The van der Waals surface area contributed by atoms with Gasteiger partial charge in [-0.3, -0.25) is 0 Å². The molecule has 0 aromatic carbocycles. The normalized spacial score (nSPS) is 21.2. The van der Waals surface area contributed by atoms with E-state index in [0.717, 1.165) is 32.8 Å². The Morgan fingerprint density at radius 1 is 1.56 bits per heavy atom. The number of aromatic nitrogens is 1. The lowest BCUT2D eigenvalue weighted by Crippen LogP contribution is -2.28. The largest absolute Gasteiger partial charge is 0.381 e. The zero-order valence-electron chi connectivity index (χ0n) is 10.1. The molecule has 0 aliphatic carbocycles. The van der Waals surface area contributed by atoms with E-state index in [1.807, 2.05) is 0 Å². The maximum absolute atomic E-state index is 5.46. The summed E-state index contributed by atoms with van der Waals surface area (Å²) in [6.07, 6.45) is 6.88. The lowest BCUT2D eigenvalue weighted by Gasteiger charge is -2.22. The van der Waals surface area contributed by atoms with Crippen molar-refractivity contribution < 1.29 is 4.74 Å². The first kappa shape index (κ1) is 11.7. The molecule has 1 aromatic heterocycles. The summed E-state index contributed by atoms with van der Waals surface area (Å²) in [7, 11) is 0. The van der Waals surface area contributed by atoms with Crippen molar-refractivity contribution in [1.82, 2.24) is 9.88 Å². The van der Waals surface area contributed by atoms with Gasteiger partial charge in [0.05, 0.1) is 6.61 Å². The number of ether oxygens (including phenoxy) is 1. The standard InChI is InChI=1S/C13H22N2O/c1-2-15-6-5-12(10-15)8-14-9-13-4-3-7-16-11-13/h5-6,10,13-14H,2-4,7-9,11H2,1H3. The second kappa shape index (κ2) is 6.06. The molecule has 3 nitrogen and oxygen atoms in total. The maximum atomic E-state index is 5.46. The Morgan fingerprint density at radius 2 is 2.50 bits per heavy atom. The zero-order valence-corrected chi connectivity index (χ0v) is 10.1. The molecule has 1 aliphatic rings. The van der Waals surface area contributed by atoms with E-state index in [2.05, 4.69) is 35.3 Å². The molecule has 2 heterocycles. The van der Waals surface area contributed by atoms with Crippen LogP contribution in [-0.2, 0) is 17.8 Å². The van der Waals surface area contributed by atoms with Gasteiger partial charge in [-0.2, -0.15) is 0 Å². The minimum absolute atomic E-state index is 0.710. The van der Waals surface area contributed by atoms with Gasteiger partial charge in [0, 0.05) is 38.6 Å². The van der Waals surface area contributed by atoms with Crippen molar-refractivity contribution in [3.63, 3.8) is 0 Å². The number of rotatable bonds is 5. The zero-order chi connectivity index (χ0) is 11.2. The first-order valence-electron chi connectivity index (χ1n) is 6.31. The molecule has 1 saturated heterocycles. The van der Waals surface area contributed by atoms with Crippen molar-refractivity contribution in [1.29, 1.82) is 0 Å². The highest BCUT2D eigenvalue weighted by atomic mass is 16.5. The van der Waals surface area contributed by atoms with E-state index < -0.39 is 0 Å². The minimum atomic E-state index is 0.710. The highest BCUT2D eigenvalue weighted by Crippen LogP contribution is 2.12. The van der Waals surface area contributed by atoms with Gasteiger partial charge in [0.25, 0.3) is 0 Å². The summed E-state index contributed by atoms with van der Waals surface area (Å²) in [6.45, 7) is 7.16. The summed E-state index contributed by atoms with van der Waals surface area (Å²) in [5, 5.41) is 3.52. The van der Waals surface area contributed by atoms with Crippen molar-refractivity contribution >= 4 is 0 Å². The summed E-state index contributed by atoms with van der Waals surface area (Å²) in [6, 6.07) is 2.19. The predicted molar refractivity (Wildman–Crippen MR) is 65.4 cm³/mol. The van der Waals surface area contributed by atoms with Gasteiger partial charge < -0.3 is 14.6 Å². The molecule has 1 fully saturated rings. The maximum Gasteiger partial charge on any atom is 0.0506 e. The predicted octanol–water partition coefficient (Wildman–Crippen LogP) is 2.02. The Hall–Kier alpha value is -0.800. The highest BCUT2D eigenvalue weighted by molar-refractivity contribution is 5.09. The van der Waals surface area contributed by atoms with Gasteiger partial charge in [0.1, 0.15) is 0 Å². The average Bonchev–Trinajstić information content (AvgIpc) is 2.78. The van der Waals surface area contributed by atoms with Crippen LogP contribution in [0.15, 0.2) is 18.5 Å². The molecule has 90 valence electrons. The molecule has 16 heavy (non-hydrogen) atoms. The molecule has 1 aromatic rings. The van der Waals surface area contributed by atoms with Crippen molar-refractivity contribution in [2.24, 2.45) is 5.92 Å². The highest BCUT2D eigenvalue weighted by Gasteiger charge is 2.12. The number of aryl methyl sites for hydroxylation is 1. The van der Waals surface area contributed by atoms with Gasteiger partial charge in [-0.1, -0.05) is 0 Å². The summed E-state index contributed by atoms with van der Waals surface area (Å²) in [5.41, 5.74) is 1.37. The van der Waals surface area contributed by atoms with Crippen LogP contribution in [0.2, 0.25) is 0 Å². The van der Waals surface area contributed by atoms with Gasteiger partial charge in [-0.25, -0.2) is 0 Å². The Bertz CT molecular complexity index is 303. The number of nitrogens with one attached hydrogen (secondary N) is 1. The van der Waals surface area contributed by atoms with Gasteiger partial charge in [-0.15, -0.1) is 0 Å². The number of hydrogen-bond donors (Lipinski definition) is 1. The molecule has 0 bridgehead atoms. The number of hydrogen-bond acceptors (Lipinski definition) is 2. The van der Waals surface area contributed by atoms with Crippen molar-refractivity contribution in [2.75, 3.05) is 19.8 Å². The molecule has 0 saturated carbocycles. The van der Waals surface area contributed by atoms with Gasteiger partial charge >= 0.3 is 0 Å². The summed E-state index contributed by atoms with van der Waals surface area (Å²) < 4.78 is 7.67. The van der Waals surface area contributed by atoms with Crippen LogP contribution in [0.25, 0.3) is 0 Å². The average molecular weight is 222 g/mol. The van der Waals surface area contributed by atoms with Crippen LogP contribution in [0.5, 0.6) is 0 Å². The Balaban J connectivity index is 1.66. The summed E-state index contributed by atoms with van der Waals surface area (Å²) >= 11 is 0. The van der Waals surface area contributed by atoms with Crippen LogP contribution >= 0.6 is 0 Å². The van der Waals surface area contributed by atoms with E-state index in [0.29, 0.717) is 5.92 Å². The molecule has 0 radical (unpaired) electrons. The molecule has 0 spiro atoms. The fourth-order valence-electron chi connectivity index (χ4n) is 2.18. The molecule has 1 unspecified atom stereocenters. The third-order valence-corrected chi connectivity index (χ3v) is 3.19. The molecular formula is C13H22N2O. The molecule has 0 amide bonds. The SMILES string of the molecule is CCn1ccc(CNCC2CCCOC2)c1. The fraction of sp³-hybridized carbons (Fsp3) is 0.692. The van der Waals surface area contributed by atoms with Crippen LogP contribution < -0.4 is 5.32 Å². The molecule has 3 heteroatoms. The van der Waals surface area contributed by atoms with E-state index in [1.54, 1.807) is 0 Å². The van der Waals surface area contributed by atoms with Gasteiger partial charge in [0.15, 0.2) is 0 Å². The monoisotopic (exact) mass is 222 g/mol. The van der Waals surface area contributed by atoms with E-state index in [4.69, 9.17) is 4.74 Å². The second-order valence-corrected chi connectivity index (χ2v) is 4.56. The van der Waals surface area contributed by atoms with E-state index in [-0.39, 0.29) is 0 Å². The van der Waals surface area contributed by atoms with Crippen molar-refractivity contribution in [2.45, 2.75) is 32.9 Å². The van der Waals surface area contributed by atoms with Crippen molar-refractivity contribution in [3.05, 3.63) is 24.0 Å². The Morgan fingerprint density at radius 3 is 3.19 bits per heavy atom. The third kappa shape index (κ3) is 3.35. The second-order valence-electron chi connectivity index (χ2n) is 4.56. The summed E-state index contributed by atoms with van der Waals surface area (Å²) in [5.74, 6) is 0.710. The lowest BCUT2D eigenvalue weighted by atomic mass is 10.0. The quantitative estimate of drug-likeness (QED) is 0.825. The first-order chi connectivity index (χ1) is 7.88. The van der Waals surface area contributed by atoms with Crippen molar-refractivity contribution in [3.8, 4) is 0 Å². The molecule has 1 N–H and O–H groups in total. The molecule has 2 rings (SSSR count). The van der Waals surface area contributed by atoms with Crippen LogP contribution in [0.1, 0.15) is 25.3 Å². The van der Waals surface area contributed by atoms with Crippen LogP contribution in [0, 0.1) is 5.92 Å². The first-order valence-corrected chi connectivity index (χ1v) is 6.31. The Kier molecular flexibility index (Phi) is 4.43. The van der Waals surface area contributed by atoms with Crippen LogP contribution in [-0.4, -0.2) is 24.3 Å². The smallest absolute Gasteiger partial charge is 0.0506 e. The third-order valence-electron chi connectivity index (χ3n) is 3.19.